The van der Waals surface area contributed by atoms with Gasteiger partial charge in [-0.05, 0) is 48.5 Å². The molecule has 134 valence electrons. The highest BCUT2D eigenvalue weighted by Gasteiger charge is 2.12. The van der Waals surface area contributed by atoms with Crippen LogP contribution in [0.25, 0.3) is 21.0 Å². The standard InChI is InChI=1S/C20H15N3O3S/c21-18(24)12-5-7-13(8-6-12)19(25)22-11-14-9-10-16(26-14)20-23-15-3-1-2-4-17(15)27-20/h1-10H,11H2,(H2,21,24)(H,22,25). The Labute approximate surface area is 158 Å². The Kier molecular flexibility index (Phi) is 4.43. The average Bonchev–Trinajstić information content (AvgIpc) is 3.32. The molecule has 2 aromatic heterocycles. The van der Waals surface area contributed by atoms with Gasteiger partial charge < -0.3 is 15.5 Å². The molecule has 2 heterocycles. The zero-order valence-electron chi connectivity index (χ0n) is 14.1. The first-order chi connectivity index (χ1) is 13.1. The monoisotopic (exact) mass is 377 g/mol. The molecule has 0 saturated heterocycles. The predicted molar refractivity (Wildman–Crippen MR) is 103 cm³/mol. The van der Waals surface area contributed by atoms with Gasteiger partial charge in [0.05, 0.1) is 16.8 Å². The number of carbonyl (C=O) groups excluding carboxylic acids is 2. The third kappa shape index (κ3) is 3.58. The van der Waals surface area contributed by atoms with Gasteiger partial charge in [0.1, 0.15) is 5.76 Å². The van der Waals surface area contributed by atoms with E-state index in [4.69, 9.17) is 10.2 Å². The van der Waals surface area contributed by atoms with E-state index in [0.29, 0.717) is 22.6 Å². The first-order valence-electron chi connectivity index (χ1n) is 8.23. The van der Waals surface area contributed by atoms with Gasteiger partial charge >= 0.3 is 0 Å². The van der Waals surface area contributed by atoms with Gasteiger partial charge in [0, 0.05) is 11.1 Å². The number of hydrogen-bond donors (Lipinski definition) is 2. The molecular formula is C20H15N3O3S. The van der Waals surface area contributed by atoms with E-state index in [1.54, 1.807) is 23.5 Å². The van der Waals surface area contributed by atoms with Crippen molar-refractivity contribution >= 4 is 33.4 Å². The lowest BCUT2D eigenvalue weighted by molar-refractivity contribution is 0.0945. The molecule has 3 N–H and O–H groups in total. The van der Waals surface area contributed by atoms with Crippen LogP contribution in [-0.2, 0) is 6.54 Å². The number of fused-ring (bicyclic) bond motifs is 1. The maximum atomic E-state index is 12.2. The number of benzene rings is 2. The molecule has 6 nitrogen and oxygen atoms in total. The van der Waals surface area contributed by atoms with Crippen molar-refractivity contribution in [2.75, 3.05) is 0 Å². The molecule has 0 fully saturated rings. The molecular weight excluding hydrogens is 362 g/mol. The topological polar surface area (TPSA) is 98.2 Å². The summed E-state index contributed by atoms with van der Waals surface area (Å²) in [6.07, 6.45) is 0. The summed E-state index contributed by atoms with van der Waals surface area (Å²) < 4.78 is 6.90. The van der Waals surface area contributed by atoms with E-state index in [1.807, 2.05) is 36.4 Å². The van der Waals surface area contributed by atoms with Gasteiger partial charge in [0.2, 0.25) is 5.91 Å². The van der Waals surface area contributed by atoms with Crippen molar-refractivity contribution in [2.24, 2.45) is 5.73 Å². The molecule has 0 aliphatic carbocycles. The zero-order chi connectivity index (χ0) is 18.8. The average molecular weight is 377 g/mol. The maximum Gasteiger partial charge on any atom is 0.251 e. The molecule has 2 aromatic carbocycles. The van der Waals surface area contributed by atoms with Gasteiger partial charge in [-0.3, -0.25) is 9.59 Å². The Morgan fingerprint density at radius 1 is 1.00 bits per heavy atom. The number of nitrogens with zero attached hydrogens (tertiary/aromatic N) is 1. The number of furan rings is 1. The second kappa shape index (κ2) is 7.05. The molecule has 0 bridgehead atoms. The highest BCUT2D eigenvalue weighted by molar-refractivity contribution is 7.21. The first-order valence-corrected chi connectivity index (χ1v) is 9.04. The van der Waals surface area contributed by atoms with Gasteiger partial charge in [-0.1, -0.05) is 12.1 Å². The summed E-state index contributed by atoms with van der Waals surface area (Å²) in [5, 5.41) is 3.59. The van der Waals surface area contributed by atoms with Crippen LogP contribution in [0.1, 0.15) is 26.5 Å². The summed E-state index contributed by atoms with van der Waals surface area (Å²) in [5.74, 6) is 0.515. The van der Waals surface area contributed by atoms with Crippen molar-refractivity contribution in [3.05, 3.63) is 77.6 Å². The van der Waals surface area contributed by atoms with Crippen LogP contribution in [0.2, 0.25) is 0 Å². The Morgan fingerprint density at radius 2 is 1.74 bits per heavy atom. The lowest BCUT2D eigenvalue weighted by Crippen LogP contribution is -2.22. The molecule has 0 spiro atoms. The first kappa shape index (κ1) is 17.0. The summed E-state index contributed by atoms with van der Waals surface area (Å²) in [7, 11) is 0. The SMILES string of the molecule is NC(=O)c1ccc(C(=O)NCc2ccc(-c3nc4ccccc4s3)o2)cc1. The van der Waals surface area contributed by atoms with Crippen molar-refractivity contribution in [1.82, 2.24) is 10.3 Å². The van der Waals surface area contributed by atoms with Crippen molar-refractivity contribution in [3.8, 4) is 10.8 Å². The maximum absolute atomic E-state index is 12.2. The molecule has 7 heteroatoms. The van der Waals surface area contributed by atoms with E-state index in [1.165, 1.54) is 12.1 Å². The van der Waals surface area contributed by atoms with Gasteiger partial charge in [0.25, 0.3) is 5.91 Å². The lowest BCUT2D eigenvalue weighted by Gasteiger charge is -2.04. The van der Waals surface area contributed by atoms with Crippen LogP contribution in [0.4, 0.5) is 0 Å². The van der Waals surface area contributed by atoms with Crippen molar-refractivity contribution < 1.29 is 14.0 Å². The fourth-order valence-corrected chi connectivity index (χ4v) is 3.55. The number of para-hydroxylation sites is 1. The summed E-state index contributed by atoms with van der Waals surface area (Å²) >= 11 is 1.56. The van der Waals surface area contributed by atoms with Crippen LogP contribution in [0.15, 0.2) is 65.1 Å². The molecule has 27 heavy (non-hydrogen) atoms. The number of aromatic nitrogens is 1. The number of rotatable bonds is 5. The fourth-order valence-electron chi connectivity index (χ4n) is 2.62. The van der Waals surface area contributed by atoms with Crippen LogP contribution in [0.3, 0.4) is 0 Å². The minimum absolute atomic E-state index is 0.251. The molecule has 4 aromatic rings. The van der Waals surface area contributed by atoms with Crippen molar-refractivity contribution in [1.29, 1.82) is 0 Å². The van der Waals surface area contributed by atoms with Crippen molar-refractivity contribution in [2.45, 2.75) is 6.54 Å². The number of nitrogens with two attached hydrogens (primary N) is 1. The molecule has 0 unspecified atom stereocenters. The smallest absolute Gasteiger partial charge is 0.251 e. The number of hydrogen-bond acceptors (Lipinski definition) is 5. The minimum Gasteiger partial charge on any atom is -0.457 e. The number of amides is 2. The third-order valence-corrected chi connectivity index (χ3v) is 5.07. The van der Waals surface area contributed by atoms with Gasteiger partial charge in [0.15, 0.2) is 10.8 Å². The van der Waals surface area contributed by atoms with Gasteiger partial charge in [-0.25, -0.2) is 4.98 Å². The predicted octanol–water partition coefficient (Wildman–Crippen LogP) is 3.59. The van der Waals surface area contributed by atoms with E-state index in [0.717, 1.165) is 15.2 Å². The van der Waals surface area contributed by atoms with Gasteiger partial charge in [-0.15, -0.1) is 11.3 Å². The molecule has 0 aliphatic heterocycles. The Balaban J connectivity index is 1.43. The molecule has 2 amide bonds. The van der Waals surface area contributed by atoms with Crippen LogP contribution in [0, 0.1) is 0 Å². The highest BCUT2D eigenvalue weighted by Crippen LogP contribution is 2.31. The lowest BCUT2D eigenvalue weighted by atomic mass is 10.1. The van der Waals surface area contributed by atoms with E-state index >= 15 is 0 Å². The van der Waals surface area contributed by atoms with E-state index in [2.05, 4.69) is 10.3 Å². The normalized spacial score (nSPS) is 10.8. The zero-order valence-corrected chi connectivity index (χ0v) is 15.0. The van der Waals surface area contributed by atoms with E-state index < -0.39 is 5.91 Å². The fraction of sp³-hybridized carbons (Fsp3) is 0.0500. The second-order valence-corrected chi connectivity index (χ2v) is 6.91. The van der Waals surface area contributed by atoms with Crippen LogP contribution in [-0.4, -0.2) is 16.8 Å². The quantitative estimate of drug-likeness (QED) is 0.555. The van der Waals surface area contributed by atoms with Crippen LogP contribution in [0.5, 0.6) is 0 Å². The summed E-state index contributed by atoms with van der Waals surface area (Å²) in [6.45, 7) is 0.251. The summed E-state index contributed by atoms with van der Waals surface area (Å²) in [6, 6.07) is 17.7. The Hall–Kier alpha value is -3.45. The minimum atomic E-state index is -0.528. The third-order valence-electron chi connectivity index (χ3n) is 4.02. The summed E-state index contributed by atoms with van der Waals surface area (Å²) in [5.41, 5.74) is 6.93. The van der Waals surface area contributed by atoms with Crippen LogP contribution < -0.4 is 11.1 Å². The van der Waals surface area contributed by atoms with Gasteiger partial charge in [-0.2, -0.15) is 0 Å². The molecule has 0 aliphatic rings. The Morgan fingerprint density at radius 3 is 2.48 bits per heavy atom. The number of primary amides is 1. The summed E-state index contributed by atoms with van der Waals surface area (Å²) in [4.78, 5) is 27.8. The molecule has 0 radical (unpaired) electrons. The molecule has 0 atom stereocenters. The number of carbonyl (C=O) groups is 2. The molecule has 4 rings (SSSR count). The number of nitrogens with one attached hydrogen (secondary N) is 1. The van der Waals surface area contributed by atoms with Crippen LogP contribution >= 0.6 is 11.3 Å². The van der Waals surface area contributed by atoms with E-state index in [9.17, 15) is 9.59 Å². The second-order valence-electron chi connectivity index (χ2n) is 5.88. The Bertz CT molecular complexity index is 1100. The number of thiazole rings is 1. The molecule has 0 saturated carbocycles. The largest absolute Gasteiger partial charge is 0.457 e. The van der Waals surface area contributed by atoms with Crippen molar-refractivity contribution in [3.63, 3.8) is 0 Å². The van der Waals surface area contributed by atoms with E-state index in [-0.39, 0.29) is 12.5 Å². The highest BCUT2D eigenvalue weighted by atomic mass is 32.1.